The monoisotopic (exact) mass is 627 g/mol. The molecule has 3 aromatic rings. The zero-order chi connectivity index (χ0) is 31.0. The van der Waals surface area contributed by atoms with E-state index >= 15 is 0 Å². The smallest absolute Gasteiger partial charge is 0.203 e. The summed E-state index contributed by atoms with van der Waals surface area (Å²) >= 11 is 1.55. The Morgan fingerprint density at radius 2 is 1.42 bits per heavy atom. The van der Waals surface area contributed by atoms with Gasteiger partial charge in [0, 0.05) is 10.6 Å². The number of hydrogen-bond donors (Lipinski definition) is 0. The average Bonchev–Trinajstić information content (AvgIpc) is 3.53. The number of ether oxygens (including phenoxy) is 6. The van der Waals surface area contributed by atoms with Crippen LogP contribution in [0, 0.1) is 11.3 Å². The number of sulfone groups is 1. The quantitative estimate of drug-likeness (QED) is 0.144. The van der Waals surface area contributed by atoms with Gasteiger partial charge in [-0.05, 0) is 78.9 Å². The third kappa shape index (κ3) is 7.50. The van der Waals surface area contributed by atoms with Gasteiger partial charge in [0.05, 0.1) is 64.6 Å². The van der Waals surface area contributed by atoms with Crippen LogP contribution in [0.25, 0.3) is 0 Å². The molecule has 0 spiro atoms. The van der Waals surface area contributed by atoms with Crippen LogP contribution in [0.4, 0.5) is 0 Å². The van der Waals surface area contributed by atoms with Crippen molar-refractivity contribution in [2.24, 2.45) is 0 Å². The molecule has 0 saturated carbocycles. The molecule has 0 N–H and O–H groups in total. The van der Waals surface area contributed by atoms with Gasteiger partial charge < -0.3 is 28.4 Å². The molecular weight excluding hydrogens is 590 g/mol. The Morgan fingerprint density at radius 3 is 1.93 bits per heavy atom. The van der Waals surface area contributed by atoms with Gasteiger partial charge in [0.1, 0.15) is 4.90 Å². The molecule has 1 unspecified atom stereocenters. The molecule has 0 aliphatic carbocycles. The predicted octanol–water partition coefficient (Wildman–Crippen LogP) is 6.54. The molecule has 0 radical (unpaired) electrons. The number of methoxy groups -OCH3 is 4. The summed E-state index contributed by atoms with van der Waals surface area (Å²) in [4.78, 5) is 1.09. The van der Waals surface area contributed by atoms with Crippen molar-refractivity contribution in [1.82, 2.24) is 0 Å². The maximum absolute atomic E-state index is 13.4. The zero-order valence-corrected chi connectivity index (χ0v) is 26.7. The molecule has 230 valence electrons. The summed E-state index contributed by atoms with van der Waals surface area (Å²) in [6.45, 7) is 2.09. The minimum atomic E-state index is -3.66. The number of nitriles is 1. The van der Waals surface area contributed by atoms with E-state index in [0.717, 1.165) is 10.5 Å². The van der Waals surface area contributed by atoms with Gasteiger partial charge >= 0.3 is 0 Å². The first-order valence-corrected chi connectivity index (χ1v) is 16.6. The maximum atomic E-state index is 13.4. The van der Waals surface area contributed by atoms with Crippen molar-refractivity contribution in [3.8, 4) is 34.8 Å². The SMILES string of the molecule is CCCS(=O)(=O)c1cc(C2CC[C@@H](c3cc(OC)c(OC)c(OC)c3)O2)cc(OC)c1OCCSc1ccc(C#N)cc1. The summed E-state index contributed by atoms with van der Waals surface area (Å²) in [7, 11) is 2.54. The third-order valence-corrected chi connectivity index (χ3v) is 10.00. The summed E-state index contributed by atoms with van der Waals surface area (Å²) < 4.78 is 61.6. The molecule has 1 aliphatic rings. The molecule has 1 fully saturated rings. The molecule has 4 rings (SSSR count). The highest BCUT2D eigenvalue weighted by molar-refractivity contribution is 7.99. The Hall–Kier alpha value is -3.59. The molecule has 0 bridgehead atoms. The highest BCUT2D eigenvalue weighted by atomic mass is 32.2. The third-order valence-electron chi connectivity index (χ3n) is 7.10. The fourth-order valence-electron chi connectivity index (χ4n) is 5.03. The number of rotatable bonds is 14. The highest BCUT2D eigenvalue weighted by Gasteiger charge is 2.32. The van der Waals surface area contributed by atoms with Crippen LogP contribution in [0.5, 0.6) is 28.7 Å². The zero-order valence-electron chi connectivity index (χ0n) is 25.0. The summed E-state index contributed by atoms with van der Waals surface area (Å²) in [6, 6.07) is 16.6. The van der Waals surface area contributed by atoms with Gasteiger partial charge in [0.25, 0.3) is 0 Å². The average molecular weight is 628 g/mol. The first kappa shape index (κ1) is 32.3. The standard InChI is InChI=1S/C32H37NO8S2/c1-6-15-43(34,35)30-19-23(18-29(38-4)32(30)40-13-14-42-24-9-7-21(20-33)8-10-24)26-12-11-25(41-26)22-16-27(36-2)31(39-5)28(17-22)37-3/h7-10,16-19,25-26H,6,11-15H2,1-5H3/t25-,26?/m0/s1. The lowest BCUT2D eigenvalue weighted by Crippen LogP contribution is -2.12. The van der Waals surface area contributed by atoms with E-state index in [-0.39, 0.29) is 35.2 Å². The summed E-state index contributed by atoms with van der Waals surface area (Å²) in [6.07, 6.45) is 1.25. The van der Waals surface area contributed by atoms with Crippen LogP contribution < -0.4 is 23.7 Å². The Morgan fingerprint density at radius 1 is 0.860 bits per heavy atom. The minimum Gasteiger partial charge on any atom is -0.493 e. The second-order valence-electron chi connectivity index (χ2n) is 9.85. The second kappa shape index (κ2) is 14.7. The van der Waals surface area contributed by atoms with E-state index in [2.05, 4.69) is 6.07 Å². The Balaban J connectivity index is 1.58. The van der Waals surface area contributed by atoms with E-state index < -0.39 is 9.84 Å². The van der Waals surface area contributed by atoms with Gasteiger partial charge in [0.15, 0.2) is 32.8 Å². The van der Waals surface area contributed by atoms with E-state index in [1.165, 1.54) is 7.11 Å². The van der Waals surface area contributed by atoms with E-state index in [1.54, 1.807) is 57.4 Å². The lowest BCUT2D eigenvalue weighted by atomic mass is 10.0. The fourth-order valence-corrected chi connectivity index (χ4v) is 7.28. The number of nitrogens with zero attached hydrogens (tertiary/aromatic N) is 1. The molecule has 11 heteroatoms. The number of benzene rings is 3. The van der Waals surface area contributed by atoms with Crippen LogP contribution in [0.2, 0.25) is 0 Å². The van der Waals surface area contributed by atoms with Crippen LogP contribution in [0.15, 0.2) is 58.3 Å². The first-order chi connectivity index (χ1) is 20.8. The van der Waals surface area contributed by atoms with Gasteiger partial charge in [-0.2, -0.15) is 5.26 Å². The highest BCUT2D eigenvalue weighted by Crippen LogP contribution is 2.48. The van der Waals surface area contributed by atoms with Crippen LogP contribution in [0.1, 0.15) is 55.1 Å². The summed E-state index contributed by atoms with van der Waals surface area (Å²) in [5, 5.41) is 9.00. The maximum Gasteiger partial charge on any atom is 0.203 e. The molecular formula is C32H37NO8S2. The molecule has 2 atom stereocenters. The van der Waals surface area contributed by atoms with Crippen molar-refractivity contribution in [2.75, 3.05) is 46.6 Å². The normalized spacial score (nSPS) is 16.4. The first-order valence-electron chi connectivity index (χ1n) is 13.9. The molecule has 9 nitrogen and oxygen atoms in total. The topological polar surface area (TPSA) is 113 Å². The van der Waals surface area contributed by atoms with Crippen molar-refractivity contribution in [3.05, 3.63) is 65.2 Å². The van der Waals surface area contributed by atoms with E-state index in [9.17, 15) is 8.42 Å². The van der Waals surface area contributed by atoms with Crippen LogP contribution in [0.3, 0.4) is 0 Å². The van der Waals surface area contributed by atoms with Gasteiger partial charge in [0.2, 0.25) is 5.75 Å². The lowest BCUT2D eigenvalue weighted by molar-refractivity contribution is 0.0435. The van der Waals surface area contributed by atoms with Crippen LogP contribution in [-0.2, 0) is 14.6 Å². The minimum absolute atomic E-state index is 0.0183. The molecule has 0 amide bonds. The molecule has 1 aliphatic heterocycles. The van der Waals surface area contributed by atoms with E-state index in [1.807, 2.05) is 31.2 Å². The Bertz CT molecular complexity index is 1530. The van der Waals surface area contributed by atoms with Gasteiger partial charge in [-0.3, -0.25) is 0 Å². The van der Waals surface area contributed by atoms with E-state index in [0.29, 0.717) is 59.1 Å². The van der Waals surface area contributed by atoms with Crippen molar-refractivity contribution in [1.29, 1.82) is 5.26 Å². The van der Waals surface area contributed by atoms with Crippen molar-refractivity contribution in [2.45, 2.75) is 48.2 Å². The fraction of sp³-hybridized carbons (Fsp3) is 0.406. The van der Waals surface area contributed by atoms with Crippen LogP contribution in [-0.4, -0.2) is 55.0 Å². The predicted molar refractivity (Wildman–Crippen MR) is 165 cm³/mol. The number of thioether (sulfide) groups is 1. The van der Waals surface area contributed by atoms with Crippen molar-refractivity contribution < 1.29 is 36.8 Å². The van der Waals surface area contributed by atoms with Gasteiger partial charge in [-0.25, -0.2) is 8.42 Å². The number of hydrogen-bond acceptors (Lipinski definition) is 10. The Labute approximate surface area is 257 Å². The van der Waals surface area contributed by atoms with Crippen molar-refractivity contribution in [3.63, 3.8) is 0 Å². The van der Waals surface area contributed by atoms with E-state index in [4.69, 9.17) is 33.7 Å². The molecule has 3 aromatic carbocycles. The summed E-state index contributed by atoms with van der Waals surface area (Å²) in [5.41, 5.74) is 2.18. The molecule has 0 aromatic heterocycles. The Kier molecular flexibility index (Phi) is 11.1. The lowest BCUT2D eigenvalue weighted by Gasteiger charge is -2.21. The molecule has 1 heterocycles. The van der Waals surface area contributed by atoms with Crippen LogP contribution >= 0.6 is 11.8 Å². The molecule has 1 saturated heterocycles. The summed E-state index contributed by atoms with van der Waals surface area (Å²) in [5.74, 6) is 2.69. The van der Waals surface area contributed by atoms with Crippen molar-refractivity contribution >= 4 is 21.6 Å². The largest absolute Gasteiger partial charge is 0.493 e. The van der Waals surface area contributed by atoms with Gasteiger partial charge in [-0.1, -0.05) is 6.92 Å². The second-order valence-corrected chi connectivity index (χ2v) is 13.1. The molecule has 43 heavy (non-hydrogen) atoms. The van der Waals surface area contributed by atoms with Gasteiger partial charge in [-0.15, -0.1) is 11.8 Å².